The normalized spacial score (nSPS) is 10.8. The monoisotopic (exact) mass is 438 g/mol. The van der Waals surface area contributed by atoms with Crippen molar-refractivity contribution >= 4 is 22.7 Å². The van der Waals surface area contributed by atoms with Crippen LogP contribution < -0.4 is 14.4 Å². The lowest BCUT2D eigenvalue weighted by atomic mass is 10.2. The molecule has 0 aliphatic carbocycles. The molecule has 3 heterocycles. The van der Waals surface area contributed by atoms with E-state index in [0.717, 1.165) is 28.3 Å². The lowest BCUT2D eigenvalue weighted by Crippen LogP contribution is -2.19. The second-order valence-corrected chi connectivity index (χ2v) is 7.33. The number of rotatable bonds is 7. The van der Waals surface area contributed by atoms with Crippen LogP contribution in [0.15, 0.2) is 79.3 Å². The summed E-state index contributed by atoms with van der Waals surface area (Å²) in [5, 5.41) is 0. The van der Waals surface area contributed by atoms with Gasteiger partial charge in [0.2, 0.25) is 0 Å². The molecule has 0 unspecified atom stereocenters. The second kappa shape index (κ2) is 8.96. The molecule has 0 radical (unpaired) electrons. The Bertz CT molecular complexity index is 1350. The molecule has 8 nitrogen and oxygen atoms in total. The van der Waals surface area contributed by atoms with Crippen LogP contribution in [-0.2, 0) is 6.54 Å². The molecule has 0 atom stereocenters. The Hall–Kier alpha value is -4.46. The predicted octanol–water partition coefficient (Wildman–Crippen LogP) is 4.77. The van der Waals surface area contributed by atoms with Crippen molar-refractivity contribution in [3.05, 3.63) is 85.1 Å². The molecule has 0 spiro atoms. The lowest BCUT2D eigenvalue weighted by molar-refractivity contribution is 0.394. The van der Waals surface area contributed by atoms with Crippen molar-refractivity contribution < 1.29 is 9.47 Å². The topological polar surface area (TPSA) is 89.0 Å². The lowest BCUT2D eigenvalue weighted by Gasteiger charge is -2.24. The third-order valence-corrected chi connectivity index (χ3v) is 5.25. The summed E-state index contributed by atoms with van der Waals surface area (Å²) in [5.41, 5.74) is 3.90. The number of aromatic nitrogens is 5. The fourth-order valence-electron chi connectivity index (χ4n) is 3.57. The van der Waals surface area contributed by atoms with Crippen LogP contribution >= 0.6 is 0 Å². The van der Waals surface area contributed by atoms with E-state index in [9.17, 15) is 0 Å². The van der Waals surface area contributed by atoms with Crippen molar-refractivity contribution in [1.82, 2.24) is 24.9 Å². The summed E-state index contributed by atoms with van der Waals surface area (Å²) in [6.07, 6.45) is 5.29. The zero-order valence-corrected chi connectivity index (χ0v) is 18.3. The number of nitrogens with zero attached hydrogens (tertiary/aromatic N) is 5. The van der Waals surface area contributed by atoms with Crippen molar-refractivity contribution in [3.63, 3.8) is 0 Å². The predicted molar refractivity (Wildman–Crippen MR) is 127 cm³/mol. The first kappa shape index (κ1) is 20.4. The number of methoxy groups -OCH3 is 2. The first-order valence-electron chi connectivity index (χ1n) is 10.4. The van der Waals surface area contributed by atoms with Crippen LogP contribution in [0.1, 0.15) is 5.82 Å². The summed E-state index contributed by atoms with van der Waals surface area (Å²) in [6.45, 7) is 0.466. The first-order valence-corrected chi connectivity index (χ1v) is 10.4. The van der Waals surface area contributed by atoms with E-state index in [0.29, 0.717) is 29.5 Å². The molecule has 3 aromatic heterocycles. The van der Waals surface area contributed by atoms with E-state index in [4.69, 9.17) is 19.4 Å². The number of ether oxygens (including phenoxy) is 2. The van der Waals surface area contributed by atoms with E-state index in [2.05, 4.69) is 15.0 Å². The van der Waals surface area contributed by atoms with Gasteiger partial charge in [-0.3, -0.25) is 4.98 Å². The highest BCUT2D eigenvalue weighted by Crippen LogP contribution is 2.33. The molecule has 0 saturated heterocycles. The number of nitrogens with one attached hydrogen (secondary N) is 1. The molecule has 1 N–H and O–H groups in total. The number of benzene rings is 2. The van der Waals surface area contributed by atoms with Gasteiger partial charge in [-0.2, -0.15) is 0 Å². The Labute approximate surface area is 190 Å². The highest BCUT2D eigenvalue weighted by atomic mass is 16.5. The maximum Gasteiger partial charge on any atom is 0.180 e. The number of hydrogen-bond acceptors (Lipinski definition) is 7. The number of aromatic amines is 1. The van der Waals surface area contributed by atoms with Gasteiger partial charge >= 0.3 is 0 Å². The van der Waals surface area contributed by atoms with Gasteiger partial charge in [-0.15, -0.1) is 0 Å². The van der Waals surface area contributed by atoms with Gasteiger partial charge in [-0.05, 0) is 12.1 Å². The molecule has 0 amide bonds. The van der Waals surface area contributed by atoms with Crippen LogP contribution in [-0.4, -0.2) is 39.1 Å². The smallest absolute Gasteiger partial charge is 0.180 e. The average Bonchev–Trinajstić information content (AvgIpc) is 3.40. The quantitative estimate of drug-likeness (QED) is 0.391. The van der Waals surface area contributed by atoms with Crippen molar-refractivity contribution in [2.75, 3.05) is 19.1 Å². The molecule has 0 bridgehead atoms. The fraction of sp³-hybridized carbons (Fsp3) is 0.120. The molecule has 0 saturated carbocycles. The van der Waals surface area contributed by atoms with Gasteiger partial charge in [0, 0.05) is 36.2 Å². The Morgan fingerprint density at radius 3 is 2.36 bits per heavy atom. The zero-order valence-electron chi connectivity index (χ0n) is 18.3. The summed E-state index contributed by atoms with van der Waals surface area (Å²) in [5.74, 6) is 2.86. The van der Waals surface area contributed by atoms with Gasteiger partial charge in [-0.1, -0.05) is 30.3 Å². The maximum absolute atomic E-state index is 5.48. The van der Waals surface area contributed by atoms with E-state index < -0.39 is 0 Å². The van der Waals surface area contributed by atoms with Gasteiger partial charge in [0.15, 0.2) is 5.65 Å². The molecule has 2 aromatic carbocycles. The van der Waals surface area contributed by atoms with Gasteiger partial charge in [0.1, 0.15) is 28.7 Å². The third-order valence-electron chi connectivity index (χ3n) is 5.25. The largest absolute Gasteiger partial charge is 0.497 e. The molecule has 0 fully saturated rings. The summed E-state index contributed by atoms with van der Waals surface area (Å²) < 4.78 is 11.0. The average molecular weight is 438 g/mol. The van der Waals surface area contributed by atoms with Crippen LogP contribution in [0.2, 0.25) is 0 Å². The van der Waals surface area contributed by atoms with Gasteiger partial charge in [0.25, 0.3) is 0 Å². The maximum atomic E-state index is 5.48. The first-order chi connectivity index (χ1) is 16.2. The van der Waals surface area contributed by atoms with E-state index in [1.807, 2.05) is 65.6 Å². The van der Waals surface area contributed by atoms with Gasteiger partial charge < -0.3 is 19.4 Å². The molecule has 5 aromatic rings. The van der Waals surface area contributed by atoms with Crippen molar-refractivity contribution in [2.45, 2.75) is 6.54 Å². The van der Waals surface area contributed by atoms with E-state index >= 15 is 0 Å². The summed E-state index contributed by atoms with van der Waals surface area (Å²) >= 11 is 0. The number of pyridine rings is 1. The Balaban J connectivity index is 1.62. The summed E-state index contributed by atoms with van der Waals surface area (Å²) in [6, 6.07) is 19.5. The van der Waals surface area contributed by atoms with E-state index in [1.165, 1.54) is 0 Å². The molecule has 0 aliphatic heterocycles. The SMILES string of the molecule is COc1cc(OC)cc(N(Cc2ncc[nH]2)c2ccc3ncc(-c4ccccc4)nc3n2)c1. The summed E-state index contributed by atoms with van der Waals surface area (Å²) in [7, 11) is 3.26. The minimum Gasteiger partial charge on any atom is -0.497 e. The second-order valence-electron chi connectivity index (χ2n) is 7.33. The van der Waals surface area contributed by atoms with Crippen LogP contribution in [0.25, 0.3) is 22.4 Å². The Morgan fingerprint density at radius 1 is 0.879 bits per heavy atom. The van der Waals surface area contributed by atoms with Crippen molar-refractivity contribution in [2.24, 2.45) is 0 Å². The number of anilines is 2. The van der Waals surface area contributed by atoms with Crippen LogP contribution in [0.3, 0.4) is 0 Å². The minimum absolute atomic E-state index is 0.466. The molecule has 164 valence electrons. The van der Waals surface area contributed by atoms with E-state index in [-0.39, 0.29) is 0 Å². The Morgan fingerprint density at radius 2 is 1.67 bits per heavy atom. The number of hydrogen-bond donors (Lipinski definition) is 1. The van der Waals surface area contributed by atoms with Crippen LogP contribution in [0, 0.1) is 0 Å². The summed E-state index contributed by atoms with van der Waals surface area (Å²) in [4.78, 5) is 23.8. The standard InChI is InChI=1S/C25H22N6O2/c1-32-19-12-18(13-20(14-19)33-2)31(16-23-26-10-11-27-23)24-9-8-21-25(30-24)29-22(15-28-21)17-6-4-3-5-7-17/h3-15H,16H2,1-2H3,(H,26,27). The molecule has 8 heteroatoms. The van der Waals surface area contributed by atoms with Gasteiger partial charge in [-0.25, -0.2) is 15.0 Å². The number of H-pyrrole nitrogens is 1. The molecule has 33 heavy (non-hydrogen) atoms. The van der Waals surface area contributed by atoms with E-state index in [1.54, 1.807) is 32.8 Å². The highest BCUT2D eigenvalue weighted by molar-refractivity contribution is 5.77. The van der Waals surface area contributed by atoms with Crippen LogP contribution in [0.5, 0.6) is 11.5 Å². The van der Waals surface area contributed by atoms with Gasteiger partial charge in [0.05, 0.1) is 38.3 Å². The minimum atomic E-state index is 0.466. The third kappa shape index (κ3) is 4.31. The van der Waals surface area contributed by atoms with Crippen LogP contribution in [0.4, 0.5) is 11.5 Å². The molecule has 0 aliphatic rings. The molecule has 5 rings (SSSR count). The molecular formula is C25H22N6O2. The fourth-order valence-corrected chi connectivity index (χ4v) is 3.57. The molecular weight excluding hydrogens is 416 g/mol. The van der Waals surface area contributed by atoms with Crippen molar-refractivity contribution in [1.29, 1.82) is 0 Å². The zero-order chi connectivity index (χ0) is 22.6. The highest BCUT2D eigenvalue weighted by Gasteiger charge is 2.17. The van der Waals surface area contributed by atoms with Crippen molar-refractivity contribution in [3.8, 4) is 22.8 Å². The number of fused-ring (bicyclic) bond motifs is 1. The Kier molecular flexibility index (Phi) is 5.55. The number of imidazole rings is 1.